The number of benzene rings is 3. The van der Waals surface area contributed by atoms with Crippen LogP contribution in [0.5, 0.6) is 0 Å². The first kappa shape index (κ1) is 20.9. The van der Waals surface area contributed by atoms with Crippen LogP contribution in [0.15, 0.2) is 90.5 Å². The molecule has 1 saturated carbocycles. The molecule has 2 bridgehead atoms. The molecule has 1 heterocycles. The summed E-state index contributed by atoms with van der Waals surface area (Å²) < 4.78 is 0. The summed E-state index contributed by atoms with van der Waals surface area (Å²) in [5.41, 5.74) is 8.86. The van der Waals surface area contributed by atoms with E-state index in [1.54, 1.807) is 0 Å². The standard InChI is InChI=1S/C31H27NO2/c1-18-4-10-21(11-5-18)26(22-12-6-19(2)7-13-22)27-24-16-17-25(27)29-28(24)30(33)32(31(29)34)23-14-8-20(3)9-15-23/h4-17,24-25,28-29H,1-3H3/t24-,25-,28+,29+/m1/s1. The molecule has 0 radical (unpaired) electrons. The molecule has 3 aliphatic rings. The molecule has 4 atom stereocenters. The molecule has 0 aromatic heterocycles. The second-order valence-electron chi connectivity index (χ2n) is 9.90. The number of hydrogen-bond donors (Lipinski definition) is 0. The van der Waals surface area contributed by atoms with E-state index >= 15 is 0 Å². The van der Waals surface area contributed by atoms with E-state index in [-0.39, 0.29) is 35.5 Å². The van der Waals surface area contributed by atoms with Crippen LogP contribution in [0.25, 0.3) is 5.57 Å². The van der Waals surface area contributed by atoms with Crippen molar-refractivity contribution >= 4 is 23.1 Å². The highest BCUT2D eigenvalue weighted by Crippen LogP contribution is 2.58. The van der Waals surface area contributed by atoms with Gasteiger partial charge in [0.05, 0.1) is 17.5 Å². The van der Waals surface area contributed by atoms with Gasteiger partial charge in [-0.05, 0) is 55.2 Å². The Balaban J connectivity index is 1.48. The smallest absolute Gasteiger partial charge is 0.238 e. The van der Waals surface area contributed by atoms with Gasteiger partial charge < -0.3 is 0 Å². The molecular formula is C31H27NO2. The lowest BCUT2D eigenvalue weighted by Gasteiger charge is -2.22. The van der Waals surface area contributed by atoms with Gasteiger partial charge >= 0.3 is 0 Å². The van der Waals surface area contributed by atoms with Gasteiger partial charge in [-0.1, -0.05) is 89.5 Å². The monoisotopic (exact) mass is 445 g/mol. The van der Waals surface area contributed by atoms with Gasteiger partial charge in [-0.2, -0.15) is 0 Å². The maximum Gasteiger partial charge on any atom is 0.238 e. The molecule has 0 unspecified atom stereocenters. The highest BCUT2D eigenvalue weighted by molar-refractivity contribution is 6.23. The molecule has 1 saturated heterocycles. The summed E-state index contributed by atoms with van der Waals surface area (Å²) in [5.74, 6) is -0.908. The number of rotatable bonds is 3. The van der Waals surface area contributed by atoms with Gasteiger partial charge in [0.15, 0.2) is 0 Å². The van der Waals surface area contributed by atoms with Crippen molar-refractivity contribution in [1.29, 1.82) is 0 Å². The van der Waals surface area contributed by atoms with E-state index in [9.17, 15) is 9.59 Å². The van der Waals surface area contributed by atoms with Crippen LogP contribution in [0.2, 0.25) is 0 Å². The molecular weight excluding hydrogens is 418 g/mol. The van der Waals surface area contributed by atoms with E-state index in [1.807, 2.05) is 31.2 Å². The Labute approximate surface area is 200 Å². The molecule has 6 rings (SSSR count). The van der Waals surface area contributed by atoms with Crippen molar-refractivity contribution in [2.75, 3.05) is 4.90 Å². The fourth-order valence-electron chi connectivity index (χ4n) is 5.99. The minimum absolute atomic E-state index is 0.0560. The second kappa shape index (κ2) is 7.66. The molecule has 168 valence electrons. The Bertz CT molecular complexity index is 1280. The van der Waals surface area contributed by atoms with Crippen LogP contribution >= 0.6 is 0 Å². The third-order valence-corrected chi connectivity index (χ3v) is 7.68. The first-order chi connectivity index (χ1) is 16.4. The van der Waals surface area contributed by atoms with Crippen molar-refractivity contribution in [2.45, 2.75) is 20.8 Å². The van der Waals surface area contributed by atoms with Crippen LogP contribution in [0.3, 0.4) is 0 Å². The normalized spacial score (nSPS) is 24.8. The molecule has 2 fully saturated rings. The predicted octanol–water partition coefficient (Wildman–Crippen LogP) is 6.04. The molecule has 34 heavy (non-hydrogen) atoms. The number of carbonyl (C=O) groups is 2. The number of allylic oxidation sites excluding steroid dienone is 3. The van der Waals surface area contributed by atoms with Crippen molar-refractivity contribution in [3.05, 3.63) is 118 Å². The van der Waals surface area contributed by atoms with E-state index in [0.29, 0.717) is 5.69 Å². The summed E-state index contributed by atoms with van der Waals surface area (Å²) in [5, 5.41) is 0. The number of nitrogens with zero attached hydrogens (tertiary/aromatic N) is 1. The quantitative estimate of drug-likeness (QED) is 0.364. The van der Waals surface area contributed by atoms with Crippen molar-refractivity contribution in [3.8, 4) is 0 Å². The Morgan fingerprint density at radius 1 is 0.588 bits per heavy atom. The first-order valence-corrected chi connectivity index (χ1v) is 11.9. The molecule has 3 aromatic rings. The summed E-state index contributed by atoms with van der Waals surface area (Å²) in [6, 6.07) is 24.8. The highest BCUT2D eigenvalue weighted by Gasteiger charge is 2.62. The summed E-state index contributed by atoms with van der Waals surface area (Å²) >= 11 is 0. The van der Waals surface area contributed by atoms with Crippen molar-refractivity contribution in [2.24, 2.45) is 23.7 Å². The van der Waals surface area contributed by atoms with Crippen LogP contribution in [-0.2, 0) is 9.59 Å². The first-order valence-electron chi connectivity index (χ1n) is 11.9. The fourth-order valence-corrected chi connectivity index (χ4v) is 5.99. The summed E-state index contributed by atoms with van der Waals surface area (Å²) in [6.45, 7) is 6.18. The average molecular weight is 446 g/mol. The predicted molar refractivity (Wildman–Crippen MR) is 135 cm³/mol. The summed E-state index contributed by atoms with van der Waals surface area (Å²) in [7, 11) is 0. The molecule has 3 nitrogen and oxygen atoms in total. The summed E-state index contributed by atoms with van der Waals surface area (Å²) in [4.78, 5) is 28.7. The maximum atomic E-state index is 13.7. The van der Waals surface area contributed by atoms with Crippen molar-refractivity contribution in [1.82, 2.24) is 0 Å². The van der Waals surface area contributed by atoms with Crippen molar-refractivity contribution in [3.63, 3.8) is 0 Å². The lowest BCUT2D eigenvalue weighted by Crippen LogP contribution is -2.33. The zero-order valence-corrected chi connectivity index (χ0v) is 19.7. The second-order valence-corrected chi connectivity index (χ2v) is 9.90. The SMILES string of the molecule is Cc1ccc(C(=C2[C@H]3C=C[C@H]2[C@@H]2C(=O)N(c4ccc(C)cc4)C(=O)[C@H]23)c2ccc(C)cc2)cc1. The largest absolute Gasteiger partial charge is 0.274 e. The van der Waals surface area contributed by atoms with Gasteiger partial charge in [-0.15, -0.1) is 0 Å². The van der Waals surface area contributed by atoms with Gasteiger partial charge in [-0.3, -0.25) is 9.59 Å². The number of fused-ring (bicyclic) bond motifs is 5. The van der Waals surface area contributed by atoms with Gasteiger partial charge in [0.25, 0.3) is 0 Å². The van der Waals surface area contributed by atoms with Crippen LogP contribution in [-0.4, -0.2) is 11.8 Å². The van der Waals surface area contributed by atoms with Gasteiger partial charge in [0, 0.05) is 11.8 Å². The van der Waals surface area contributed by atoms with Crippen molar-refractivity contribution < 1.29 is 9.59 Å². The molecule has 3 heteroatoms. The van der Waals surface area contributed by atoms with Crippen LogP contribution < -0.4 is 4.90 Å². The average Bonchev–Trinajstić information content (AvgIpc) is 3.47. The fraction of sp³-hybridized carbons (Fsp3) is 0.226. The van der Waals surface area contributed by atoms with Gasteiger partial charge in [-0.25, -0.2) is 4.90 Å². The number of amides is 2. The van der Waals surface area contributed by atoms with Gasteiger partial charge in [0.1, 0.15) is 0 Å². The minimum Gasteiger partial charge on any atom is -0.274 e. The maximum absolute atomic E-state index is 13.7. The lowest BCUT2D eigenvalue weighted by molar-refractivity contribution is -0.122. The Kier molecular flexibility index (Phi) is 4.70. The number of carbonyl (C=O) groups excluding carboxylic acids is 2. The van der Waals surface area contributed by atoms with Crippen LogP contribution in [0.4, 0.5) is 5.69 Å². The molecule has 1 aliphatic heterocycles. The highest BCUT2D eigenvalue weighted by atomic mass is 16.2. The number of imide groups is 1. The number of aryl methyl sites for hydroxylation is 3. The van der Waals surface area contributed by atoms with Crippen LogP contribution in [0.1, 0.15) is 27.8 Å². The molecule has 0 N–H and O–H groups in total. The third-order valence-electron chi connectivity index (χ3n) is 7.68. The van der Waals surface area contributed by atoms with E-state index in [4.69, 9.17) is 0 Å². The van der Waals surface area contributed by atoms with E-state index in [2.05, 4.69) is 74.5 Å². The van der Waals surface area contributed by atoms with E-state index in [1.165, 1.54) is 21.6 Å². The zero-order valence-electron chi connectivity index (χ0n) is 19.7. The van der Waals surface area contributed by atoms with Gasteiger partial charge in [0.2, 0.25) is 11.8 Å². The number of hydrogen-bond acceptors (Lipinski definition) is 2. The summed E-state index contributed by atoms with van der Waals surface area (Å²) in [6.07, 6.45) is 4.32. The Hall–Kier alpha value is -3.72. The zero-order chi connectivity index (χ0) is 23.6. The van der Waals surface area contributed by atoms with Crippen LogP contribution in [0, 0.1) is 44.4 Å². The van der Waals surface area contributed by atoms with E-state index in [0.717, 1.165) is 22.3 Å². The Morgan fingerprint density at radius 2 is 0.971 bits per heavy atom. The Morgan fingerprint density at radius 3 is 1.38 bits per heavy atom. The molecule has 3 aromatic carbocycles. The number of anilines is 1. The van der Waals surface area contributed by atoms with E-state index < -0.39 is 0 Å². The molecule has 2 aliphatic carbocycles. The topological polar surface area (TPSA) is 37.4 Å². The molecule has 2 amide bonds. The lowest BCUT2D eigenvalue weighted by atomic mass is 9.85. The third kappa shape index (κ3) is 3.03. The minimum atomic E-state index is -0.329. The molecule has 0 spiro atoms.